The molecule has 0 aromatic heterocycles. The van der Waals surface area contributed by atoms with E-state index < -0.39 is 12.1 Å². The van der Waals surface area contributed by atoms with Crippen LogP contribution in [0.1, 0.15) is 34.1 Å². The Hall–Kier alpha value is -0.690. The second kappa shape index (κ2) is 11.9. The molecule has 6 heteroatoms. The zero-order valence-electron chi connectivity index (χ0n) is 13.9. The highest BCUT2D eigenvalue weighted by molar-refractivity contribution is 5.75. The van der Waals surface area contributed by atoms with E-state index in [-0.39, 0.29) is 25.2 Å². The minimum Gasteiger partial charge on any atom is -0.468 e. The minimum absolute atomic E-state index is 0.178. The summed E-state index contributed by atoms with van der Waals surface area (Å²) in [4.78, 5) is 11.6. The zero-order chi connectivity index (χ0) is 16.3. The van der Waals surface area contributed by atoms with Gasteiger partial charge in [-0.1, -0.05) is 13.8 Å². The van der Waals surface area contributed by atoms with E-state index in [1.54, 1.807) is 0 Å². The number of aliphatic hydroxyl groups is 1. The molecule has 0 fully saturated rings. The molecular formula is C15H31NO5. The number of ether oxygens (including phenoxy) is 3. The van der Waals surface area contributed by atoms with E-state index >= 15 is 0 Å². The number of methoxy groups -OCH3 is 1. The van der Waals surface area contributed by atoms with Crippen LogP contribution in [0.2, 0.25) is 0 Å². The lowest BCUT2D eigenvalue weighted by atomic mass is 10.0. The Balaban J connectivity index is 3.86. The van der Waals surface area contributed by atoms with Crippen molar-refractivity contribution in [2.24, 2.45) is 5.92 Å². The molecule has 2 N–H and O–H groups in total. The van der Waals surface area contributed by atoms with Crippen LogP contribution < -0.4 is 5.32 Å². The van der Waals surface area contributed by atoms with Gasteiger partial charge in [0.2, 0.25) is 0 Å². The number of rotatable bonds is 12. The van der Waals surface area contributed by atoms with Gasteiger partial charge in [-0.25, -0.2) is 0 Å². The number of nitrogens with one attached hydrogen (secondary N) is 1. The molecule has 0 aliphatic heterocycles. The van der Waals surface area contributed by atoms with Crippen molar-refractivity contribution >= 4 is 5.97 Å². The number of hydrogen-bond donors (Lipinski definition) is 2. The van der Waals surface area contributed by atoms with E-state index in [0.717, 1.165) is 0 Å². The molecule has 2 unspecified atom stereocenters. The van der Waals surface area contributed by atoms with Gasteiger partial charge in [-0.05, 0) is 26.2 Å². The lowest BCUT2D eigenvalue weighted by Crippen LogP contribution is -2.43. The average Bonchev–Trinajstić information content (AvgIpc) is 2.41. The predicted molar refractivity (Wildman–Crippen MR) is 81.2 cm³/mol. The molecule has 0 aliphatic carbocycles. The zero-order valence-corrected chi connectivity index (χ0v) is 13.9. The van der Waals surface area contributed by atoms with Crippen LogP contribution in [0, 0.1) is 5.92 Å². The molecule has 0 heterocycles. The van der Waals surface area contributed by atoms with Crippen molar-refractivity contribution in [1.82, 2.24) is 5.32 Å². The first-order valence-corrected chi connectivity index (χ1v) is 7.55. The molecule has 0 aromatic rings. The Morgan fingerprint density at radius 1 is 1.19 bits per heavy atom. The van der Waals surface area contributed by atoms with Gasteiger partial charge in [-0.2, -0.15) is 0 Å². The van der Waals surface area contributed by atoms with Crippen molar-refractivity contribution in [3.05, 3.63) is 0 Å². The summed E-state index contributed by atoms with van der Waals surface area (Å²) in [6.07, 6.45) is 0.183. The van der Waals surface area contributed by atoms with Crippen molar-refractivity contribution in [3.8, 4) is 0 Å². The summed E-state index contributed by atoms with van der Waals surface area (Å²) in [5.41, 5.74) is 0. The molecule has 2 atom stereocenters. The first-order valence-electron chi connectivity index (χ1n) is 7.55. The van der Waals surface area contributed by atoms with Crippen LogP contribution in [0.4, 0.5) is 0 Å². The van der Waals surface area contributed by atoms with Gasteiger partial charge < -0.3 is 24.6 Å². The SMILES string of the molecule is COC(=O)C(CC(C)C)NCC(O)COCCOC(C)C. The van der Waals surface area contributed by atoms with Crippen molar-refractivity contribution in [1.29, 1.82) is 0 Å². The summed E-state index contributed by atoms with van der Waals surface area (Å²) in [7, 11) is 1.37. The van der Waals surface area contributed by atoms with Gasteiger partial charge in [-0.3, -0.25) is 4.79 Å². The van der Waals surface area contributed by atoms with Crippen LogP contribution in [0.15, 0.2) is 0 Å². The molecule has 0 aliphatic rings. The third kappa shape index (κ3) is 11.6. The normalized spacial score (nSPS) is 14.5. The van der Waals surface area contributed by atoms with E-state index in [4.69, 9.17) is 14.2 Å². The largest absolute Gasteiger partial charge is 0.468 e. The highest BCUT2D eigenvalue weighted by Gasteiger charge is 2.20. The first kappa shape index (κ1) is 20.3. The van der Waals surface area contributed by atoms with Gasteiger partial charge in [-0.15, -0.1) is 0 Å². The van der Waals surface area contributed by atoms with Crippen LogP contribution >= 0.6 is 0 Å². The smallest absolute Gasteiger partial charge is 0.322 e. The van der Waals surface area contributed by atoms with Crippen LogP contribution in [0.25, 0.3) is 0 Å². The summed E-state index contributed by atoms with van der Waals surface area (Å²) in [6, 6.07) is -0.395. The summed E-state index contributed by atoms with van der Waals surface area (Å²) in [5, 5.41) is 12.8. The Bertz CT molecular complexity index is 271. The number of carbonyl (C=O) groups is 1. The maximum absolute atomic E-state index is 11.6. The van der Waals surface area contributed by atoms with E-state index in [1.165, 1.54) is 7.11 Å². The Labute approximate surface area is 128 Å². The van der Waals surface area contributed by atoms with Crippen molar-refractivity contribution in [2.45, 2.75) is 52.4 Å². The summed E-state index contributed by atoms with van der Waals surface area (Å²) < 4.78 is 15.4. The first-order chi connectivity index (χ1) is 9.86. The fourth-order valence-corrected chi connectivity index (χ4v) is 1.78. The molecule has 0 rings (SSSR count). The Kier molecular flexibility index (Phi) is 11.5. The minimum atomic E-state index is -0.664. The Morgan fingerprint density at radius 2 is 1.86 bits per heavy atom. The quantitative estimate of drug-likeness (QED) is 0.413. The number of aliphatic hydroxyl groups excluding tert-OH is 1. The van der Waals surface area contributed by atoms with Gasteiger partial charge in [0.15, 0.2) is 0 Å². The molecule has 0 amide bonds. The van der Waals surface area contributed by atoms with Crippen LogP contribution in [0.3, 0.4) is 0 Å². The number of carbonyl (C=O) groups excluding carboxylic acids is 1. The molecule has 0 saturated carbocycles. The molecule has 0 saturated heterocycles. The fourth-order valence-electron chi connectivity index (χ4n) is 1.78. The van der Waals surface area contributed by atoms with E-state index in [0.29, 0.717) is 25.6 Å². The van der Waals surface area contributed by atoms with Crippen LogP contribution in [0.5, 0.6) is 0 Å². The Morgan fingerprint density at radius 3 is 2.38 bits per heavy atom. The van der Waals surface area contributed by atoms with E-state index in [1.807, 2.05) is 27.7 Å². The molecule has 0 bridgehead atoms. The highest BCUT2D eigenvalue weighted by Crippen LogP contribution is 2.06. The van der Waals surface area contributed by atoms with Crippen LogP contribution in [-0.2, 0) is 19.0 Å². The maximum atomic E-state index is 11.6. The molecule has 0 aromatic carbocycles. The third-order valence-corrected chi connectivity index (χ3v) is 2.78. The van der Waals surface area contributed by atoms with Gasteiger partial charge in [0.1, 0.15) is 6.04 Å². The van der Waals surface area contributed by atoms with Crippen molar-refractivity contribution < 1.29 is 24.1 Å². The van der Waals surface area contributed by atoms with E-state index in [9.17, 15) is 9.90 Å². The molecular weight excluding hydrogens is 274 g/mol. The fraction of sp³-hybridized carbons (Fsp3) is 0.933. The van der Waals surface area contributed by atoms with E-state index in [2.05, 4.69) is 5.32 Å². The second-order valence-electron chi connectivity index (χ2n) is 5.76. The summed E-state index contributed by atoms with van der Waals surface area (Å²) >= 11 is 0. The lowest BCUT2D eigenvalue weighted by molar-refractivity contribution is -0.143. The van der Waals surface area contributed by atoms with Crippen molar-refractivity contribution in [3.63, 3.8) is 0 Å². The lowest BCUT2D eigenvalue weighted by Gasteiger charge is -2.20. The topological polar surface area (TPSA) is 77.0 Å². The second-order valence-corrected chi connectivity index (χ2v) is 5.76. The number of esters is 1. The molecule has 0 radical (unpaired) electrons. The molecule has 21 heavy (non-hydrogen) atoms. The number of hydrogen-bond acceptors (Lipinski definition) is 6. The third-order valence-electron chi connectivity index (χ3n) is 2.78. The van der Waals surface area contributed by atoms with Gasteiger partial charge in [0.05, 0.1) is 39.1 Å². The average molecular weight is 305 g/mol. The molecule has 126 valence electrons. The summed E-state index contributed by atoms with van der Waals surface area (Å²) in [6.45, 7) is 9.44. The summed E-state index contributed by atoms with van der Waals surface area (Å²) in [5.74, 6) is 0.0605. The maximum Gasteiger partial charge on any atom is 0.322 e. The van der Waals surface area contributed by atoms with Gasteiger partial charge in [0, 0.05) is 6.54 Å². The molecule has 6 nitrogen and oxygen atoms in total. The standard InChI is InChI=1S/C15H31NO5/c1-11(2)8-14(15(18)19-5)16-9-13(17)10-20-6-7-21-12(3)4/h11-14,16-17H,6-10H2,1-5H3. The van der Waals surface area contributed by atoms with Crippen LogP contribution in [-0.4, -0.2) is 62.8 Å². The predicted octanol–water partition coefficient (Wildman–Crippen LogP) is 0.966. The van der Waals surface area contributed by atoms with Gasteiger partial charge in [0.25, 0.3) is 0 Å². The highest BCUT2D eigenvalue weighted by atomic mass is 16.5. The van der Waals surface area contributed by atoms with Crippen molar-refractivity contribution in [2.75, 3.05) is 33.5 Å². The van der Waals surface area contributed by atoms with Gasteiger partial charge >= 0.3 is 5.97 Å². The monoisotopic (exact) mass is 305 g/mol. The molecule has 0 spiro atoms.